The second-order valence-electron chi connectivity index (χ2n) is 6.35. The quantitative estimate of drug-likeness (QED) is 0.819. The summed E-state index contributed by atoms with van der Waals surface area (Å²) in [6.45, 7) is 9.54. The van der Waals surface area contributed by atoms with Crippen molar-refractivity contribution in [2.45, 2.75) is 50.6 Å². The molecule has 2 rings (SSSR count). The Labute approximate surface area is 132 Å². The molecular formula is C18H24N2S. The van der Waals surface area contributed by atoms with Gasteiger partial charge in [-0.25, -0.2) is 4.98 Å². The van der Waals surface area contributed by atoms with Crippen LogP contribution in [0.25, 0.3) is 0 Å². The first-order chi connectivity index (χ1) is 9.94. The van der Waals surface area contributed by atoms with E-state index in [2.05, 4.69) is 68.3 Å². The third kappa shape index (κ3) is 5.52. The first-order valence-electron chi connectivity index (χ1n) is 7.31. The van der Waals surface area contributed by atoms with Gasteiger partial charge in [-0.15, -0.1) is 11.8 Å². The van der Waals surface area contributed by atoms with Crippen molar-refractivity contribution in [3.8, 4) is 0 Å². The van der Waals surface area contributed by atoms with E-state index in [4.69, 9.17) is 0 Å². The van der Waals surface area contributed by atoms with Crippen LogP contribution in [0.15, 0.2) is 47.6 Å². The topological polar surface area (TPSA) is 24.9 Å². The van der Waals surface area contributed by atoms with Crippen LogP contribution in [0.2, 0.25) is 0 Å². The highest BCUT2D eigenvalue weighted by Crippen LogP contribution is 2.24. The van der Waals surface area contributed by atoms with Crippen LogP contribution < -0.4 is 5.32 Å². The lowest BCUT2D eigenvalue weighted by Crippen LogP contribution is -2.35. The maximum absolute atomic E-state index is 4.54. The molecule has 0 radical (unpaired) electrons. The predicted molar refractivity (Wildman–Crippen MR) is 91.6 cm³/mol. The summed E-state index contributed by atoms with van der Waals surface area (Å²) in [4.78, 5) is 4.54. The van der Waals surface area contributed by atoms with Gasteiger partial charge in [0.2, 0.25) is 0 Å². The standard InChI is InChI=1S/C18H24N2S/c1-14-7-5-8-15(11-14)13-21-17-16(9-6-10-19-17)12-20-18(2,3)4/h5-11,20H,12-13H2,1-4H3. The Morgan fingerprint density at radius 3 is 2.67 bits per heavy atom. The highest BCUT2D eigenvalue weighted by molar-refractivity contribution is 7.98. The van der Waals surface area contributed by atoms with Crippen molar-refractivity contribution in [2.75, 3.05) is 0 Å². The van der Waals surface area contributed by atoms with E-state index in [0.29, 0.717) is 0 Å². The van der Waals surface area contributed by atoms with E-state index in [-0.39, 0.29) is 5.54 Å². The molecule has 2 nitrogen and oxygen atoms in total. The molecule has 1 heterocycles. The van der Waals surface area contributed by atoms with Gasteiger partial charge in [0.05, 0.1) is 0 Å². The summed E-state index contributed by atoms with van der Waals surface area (Å²) >= 11 is 1.81. The van der Waals surface area contributed by atoms with Gasteiger partial charge in [-0.1, -0.05) is 35.9 Å². The molecule has 2 aromatic rings. The van der Waals surface area contributed by atoms with Gasteiger partial charge >= 0.3 is 0 Å². The lowest BCUT2D eigenvalue weighted by atomic mass is 10.1. The van der Waals surface area contributed by atoms with Crippen molar-refractivity contribution < 1.29 is 0 Å². The van der Waals surface area contributed by atoms with Gasteiger partial charge < -0.3 is 5.32 Å². The number of hydrogen-bond donors (Lipinski definition) is 1. The summed E-state index contributed by atoms with van der Waals surface area (Å²) in [7, 11) is 0. The number of nitrogens with zero attached hydrogens (tertiary/aromatic N) is 1. The van der Waals surface area contributed by atoms with E-state index in [1.165, 1.54) is 16.7 Å². The van der Waals surface area contributed by atoms with Gasteiger partial charge in [0.1, 0.15) is 5.03 Å². The number of aryl methyl sites for hydroxylation is 1. The van der Waals surface area contributed by atoms with E-state index in [1.54, 1.807) is 0 Å². The first-order valence-corrected chi connectivity index (χ1v) is 8.30. The molecule has 0 atom stereocenters. The molecule has 0 saturated carbocycles. The highest BCUT2D eigenvalue weighted by atomic mass is 32.2. The Morgan fingerprint density at radius 1 is 1.14 bits per heavy atom. The van der Waals surface area contributed by atoms with Crippen molar-refractivity contribution in [2.24, 2.45) is 0 Å². The van der Waals surface area contributed by atoms with Crippen molar-refractivity contribution in [1.29, 1.82) is 0 Å². The maximum atomic E-state index is 4.54. The smallest absolute Gasteiger partial charge is 0.101 e. The van der Waals surface area contributed by atoms with Crippen LogP contribution in [0.4, 0.5) is 0 Å². The molecule has 0 fully saturated rings. The molecule has 0 aliphatic heterocycles. The number of thioether (sulfide) groups is 1. The van der Waals surface area contributed by atoms with Crippen LogP contribution in [0, 0.1) is 6.92 Å². The van der Waals surface area contributed by atoms with Crippen molar-refractivity contribution in [3.05, 3.63) is 59.3 Å². The summed E-state index contributed by atoms with van der Waals surface area (Å²) in [6.07, 6.45) is 1.87. The summed E-state index contributed by atoms with van der Waals surface area (Å²) in [5, 5.41) is 4.65. The Balaban J connectivity index is 2.03. The summed E-state index contributed by atoms with van der Waals surface area (Å²) in [5.41, 5.74) is 4.04. The molecule has 21 heavy (non-hydrogen) atoms. The Hall–Kier alpha value is -1.32. The second-order valence-corrected chi connectivity index (χ2v) is 7.31. The average Bonchev–Trinajstić information content (AvgIpc) is 2.43. The third-order valence-electron chi connectivity index (χ3n) is 3.12. The van der Waals surface area contributed by atoms with Gasteiger partial charge in [0.25, 0.3) is 0 Å². The highest BCUT2D eigenvalue weighted by Gasteiger charge is 2.11. The van der Waals surface area contributed by atoms with Gasteiger partial charge in [-0.05, 0) is 44.9 Å². The van der Waals surface area contributed by atoms with Gasteiger partial charge in [-0.3, -0.25) is 0 Å². The van der Waals surface area contributed by atoms with Crippen molar-refractivity contribution >= 4 is 11.8 Å². The molecular weight excluding hydrogens is 276 g/mol. The molecule has 0 saturated heterocycles. The first kappa shape index (κ1) is 16.1. The van der Waals surface area contributed by atoms with Crippen LogP contribution in [0.1, 0.15) is 37.5 Å². The number of rotatable bonds is 5. The van der Waals surface area contributed by atoms with E-state index in [0.717, 1.165) is 17.3 Å². The molecule has 1 N–H and O–H groups in total. The largest absolute Gasteiger partial charge is 0.308 e. The van der Waals surface area contributed by atoms with Gasteiger partial charge in [-0.2, -0.15) is 0 Å². The average molecular weight is 300 g/mol. The summed E-state index contributed by atoms with van der Waals surface area (Å²) in [5.74, 6) is 0.960. The Bertz CT molecular complexity index is 588. The van der Waals surface area contributed by atoms with E-state index in [1.807, 2.05) is 24.0 Å². The molecule has 0 aliphatic carbocycles. The molecule has 112 valence electrons. The Morgan fingerprint density at radius 2 is 1.95 bits per heavy atom. The minimum absolute atomic E-state index is 0.119. The maximum Gasteiger partial charge on any atom is 0.101 e. The van der Waals surface area contributed by atoms with Crippen molar-refractivity contribution in [3.63, 3.8) is 0 Å². The van der Waals surface area contributed by atoms with Crippen LogP contribution in [-0.4, -0.2) is 10.5 Å². The molecule has 0 spiro atoms. The number of benzene rings is 1. The molecule has 0 unspecified atom stereocenters. The number of hydrogen-bond acceptors (Lipinski definition) is 3. The monoisotopic (exact) mass is 300 g/mol. The molecule has 3 heteroatoms. The summed E-state index contributed by atoms with van der Waals surface area (Å²) in [6, 6.07) is 12.8. The van der Waals surface area contributed by atoms with Crippen LogP contribution in [0.3, 0.4) is 0 Å². The lowest BCUT2D eigenvalue weighted by Gasteiger charge is -2.21. The summed E-state index contributed by atoms with van der Waals surface area (Å²) < 4.78 is 0. The number of nitrogens with one attached hydrogen (secondary N) is 1. The zero-order chi connectivity index (χ0) is 15.3. The van der Waals surface area contributed by atoms with Crippen LogP contribution in [-0.2, 0) is 12.3 Å². The fourth-order valence-corrected chi connectivity index (χ4v) is 2.95. The Kier molecular flexibility index (Phi) is 5.43. The fraction of sp³-hybridized carbons (Fsp3) is 0.389. The minimum atomic E-state index is 0.119. The van der Waals surface area contributed by atoms with Gasteiger partial charge in [0.15, 0.2) is 0 Å². The van der Waals surface area contributed by atoms with E-state index < -0.39 is 0 Å². The minimum Gasteiger partial charge on any atom is -0.308 e. The molecule has 0 amide bonds. The molecule has 0 aliphatic rings. The number of aromatic nitrogens is 1. The molecule has 0 bridgehead atoms. The third-order valence-corrected chi connectivity index (χ3v) is 4.24. The zero-order valence-electron chi connectivity index (χ0n) is 13.3. The predicted octanol–water partition coefficient (Wildman–Crippen LogP) is 4.57. The SMILES string of the molecule is Cc1cccc(CSc2ncccc2CNC(C)(C)C)c1. The van der Waals surface area contributed by atoms with Crippen LogP contribution >= 0.6 is 11.8 Å². The van der Waals surface area contributed by atoms with E-state index in [9.17, 15) is 0 Å². The number of pyridine rings is 1. The fourth-order valence-electron chi connectivity index (χ4n) is 2.00. The zero-order valence-corrected chi connectivity index (χ0v) is 14.1. The van der Waals surface area contributed by atoms with Crippen LogP contribution in [0.5, 0.6) is 0 Å². The molecule has 1 aromatic carbocycles. The van der Waals surface area contributed by atoms with E-state index >= 15 is 0 Å². The lowest BCUT2D eigenvalue weighted by molar-refractivity contribution is 0.422. The second kappa shape index (κ2) is 7.10. The van der Waals surface area contributed by atoms with Crippen molar-refractivity contribution in [1.82, 2.24) is 10.3 Å². The van der Waals surface area contributed by atoms with Gasteiger partial charge in [0, 0.05) is 24.0 Å². The normalized spacial score (nSPS) is 11.6. The molecule has 1 aromatic heterocycles.